The molecule has 3 rings (SSSR count). The summed E-state index contributed by atoms with van der Waals surface area (Å²) in [5.74, 6) is 1.23. The van der Waals surface area contributed by atoms with Gasteiger partial charge in [-0.25, -0.2) is 4.39 Å². The molecule has 0 saturated heterocycles. The van der Waals surface area contributed by atoms with Gasteiger partial charge in [-0.3, -0.25) is 0 Å². The standard InChI is InChI=1S/C22H34Cl2FNOSi/c1-6-28(7-2,8-3)27-19(20-17(23)9-10-18(25)21(20)24)13-26-14-11-15-16(12-14)22(15,4)5/h9-10,14-16,19,26H,6-8,11-13H2,1-5H3/t14?,15-,16+,19?. The van der Waals surface area contributed by atoms with E-state index in [0.29, 0.717) is 28.6 Å². The predicted molar refractivity (Wildman–Crippen MR) is 119 cm³/mol. The number of hydrogen-bond donors (Lipinski definition) is 1. The molecule has 0 aromatic heterocycles. The molecule has 0 aliphatic heterocycles. The summed E-state index contributed by atoms with van der Waals surface area (Å²) in [6, 6.07) is 6.51. The zero-order chi connectivity index (χ0) is 20.7. The van der Waals surface area contributed by atoms with Gasteiger partial charge in [-0.15, -0.1) is 0 Å². The van der Waals surface area contributed by atoms with Gasteiger partial charge < -0.3 is 9.74 Å². The number of rotatable bonds is 9. The Bertz CT molecular complexity index is 688. The summed E-state index contributed by atoms with van der Waals surface area (Å²) in [7, 11) is -1.91. The predicted octanol–water partition coefficient (Wildman–Crippen LogP) is 7.22. The zero-order valence-corrected chi connectivity index (χ0v) is 20.3. The minimum Gasteiger partial charge on any atom is -0.409 e. The van der Waals surface area contributed by atoms with Crippen molar-refractivity contribution in [3.63, 3.8) is 0 Å². The third-order valence-electron chi connectivity index (χ3n) is 7.68. The Kier molecular flexibility index (Phi) is 6.88. The average molecular weight is 447 g/mol. The van der Waals surface area contributed by atoms with Gasteiger partial charge in [0.25, 0.3) is 0 Å². The van der Waals surface area contributed by atoms with Crippen LogP contribution in [0.1, 0.15) is 59.1 Å². The van der Waals surface area contributed by atoms with Crippen molar-refractivity contribution in [2.45, 2.75) is 77.7 Å². The summed E-state index contributed by atoms with van der Waals surface area (Å²) in [6.45, 7) is 12.0. The number of halogens is 3. The second-order valence-electron chi connectivity index (χ2n) is 9.22. The first-order valence-electron chi connectivity index (χ1n) is 10.7. The van der Waals surface area contributed by atoms with Crippen molar-refractivity contribution in [1.82, 2.24) is 5.32 Å². The van der Waals surface area contributed by atoms with Crippen molar-refractivity contribution in [1.29, 1.82) is 0 Å². The molecule has 158 valence electrons. The molecule has 4 atom stereocenters. The molecule has 0 radical (unpaired) electrons. The molecule has 6 heteroatoms. The van der Waals surface area contributed by atoms with Gasteiger partial charge in [0.2, 0.25) is 0 Å². The lowest BCUT2D eigenvalue weighted by molar-refractivity contribution is 0.178. The van der Waals surface area contributed by atoms with Crippen molar-refractivity contribution < 1.29 is 8.82 Å². The first-order valence-corrected chi connectivity index (χ1v) is 14.0. The van der Waals surface area contributed by atoms with Crippen LogP contribution in [0.15, 0.2) is 12.1 Å². The number of nitrogens with one attached hydrogen (secondary N) is 1. The fraction of sp³-hybridized carbons (Fsp3) is 0.727. The molecular weight excluding hydrogens is 412 g/mol. The molecule has 1 aromatic rings. The maximum absolute atomic E-state index is 14.2. The lowest BCUT2D eigenvalue weighted by Crippen LogP contribution is -2.41. The highest BCUT2D eigenvalue weighted by Crippen LogP contribution is 2.66. The smallest absolute Gasteiger partial charge is 0.192 e. The third kappa shape index (κ3) is 4.18. The third-order valence-corrected chi connectivity index (χ3v) is 13.0. The minimum absolute atomic E-state index is 0.0981. The summed E-state index contributed by atoms with van der Waals surface area (Å²) in [5.41, 5.74) is 1.12. The van der Waals surface area contributed by atoms with Crippen LogP contribution in [0.3, 0.4) is 0 Å². The summed E-state index contributed by atoms with van der Waals surface area (Å²) in [4.78, 5) is 0. The van der Waals surface area contributed by atoms with E-state index in [0.717, 1.165) is 30.0 Å². The maximum Gasteiger partial charge on any atom is 0.192 e. The highest BCUT2D eigenvalue weighted by Gasteiger charge is 2.61. The van der Waals surface area contributed by atoms with Crippen LogP contribution in [0.2, 0.25) is 28.2 Å². The molecule has 0 bridgehead atoms. The molecule has 1 aromatic carbocycles. The Morgan fingerprint density at radius 1 is 1.14 bits per heavy atom. The zero-order valence-electron chi connectivity index (χ0n) is 17.7. The van der Waals surface area contributed by atoms with Gasteiger partial charge in [-0.2, -0.15) is 0 Å². The lowest BCUT2D eigenvalue weighted by Gasteiger charge is -2.35. The van der Waals surface area contributed by atoms with Crippen molar-refractivity contribution in [3.05, 3.63) is 33.6 Å². The van der Waals surface area contributed by atoms with Gasteiger partial charge in [0.1, 0.15) is 5.82 Å². The normalized spacial score (nSPS) is 26.9. The maximum atomic E-state index is 14.2. The van der Waals surface area contributed by atoms with Crippen LogP contribution in [0.25, 0.3) is 0 Å². The molecule has 0 heterocycles. The highest BCUT2D eigenvalue weighted by molar-refractivity contribution is 6.73. The fourth-order valence-corrected chi connectivity index (χ4v) is 8.70. The van der Waals surface area contributed by atoms with E-state index in [1.807, 2.05) is 0 Å². The van der Waals surface area contributed by atoms with Crippen LogP contribution in [-0.2, 0) is 4.43 Å². The van der Waals surface area contributed by atoms with Crippen molar-refractivity contribution >= 4 is 31.5 Å². The SMILES string of the molecule is CC[Si](CC)(CC)OC(CNC1C[C@@H]2[C@H](C1)C2(C)C)c1c(Cl)ccc(F)c1Cl. The first kappa shape index (κ1) is 22.5. The van der Waals surface area contributed by atoms with Crippen LogP contribution in [0.5, 0.6) is 0 Å². The van der Waals surface area contributed by atoms with Crippen LogP contribution >= 0.6 is 23.2 Å². The van der Waals surface area contributed by atoms with Crippen molar-refractivity contribution in [3.8, 4) is 0 Å². The van der Waals surface area contributed by atoms with E-state index in [-0.39, 0.29) is 11.1 Å². The molecule has 28 heavy (non-hydrogen) atoms. The Balaban J connectivity index is 1.78. The summed E-state index contributed by atoms with van der Waals surface area (Å²) >= 11 is 12.8. The van der Waals surface area contributed by atoms with E-state index < -0.39 is 14.1 Å². The van der Waals surface area contributed by atoms with Crippen molar-refractivity contribution in [2.24, 2.45) is 17.3 Å². The molecule has 0 spiro atoms. The number of benzene rings is 1. The molecule has 2 fully saturated rings. The van der Waals surface area contributed by atoms with E-state index in [2.05, 4.69) is 39.9 Å². The highest BCUT2D eigenvalue weighted by atomic mass is 35.5. The Morgan fingerprint density at radius 3 is 2.25 bits per heavy atom. The Morgan fingerprint density at radius 2 is 1.71 bits per heavy atom. The second kappa shape index (κ2) is 8.54. The molecule has 2 aliphatic rings. The van der Waals surface area contributed by atoms with E-state index in [9.17, 15) is 4.39 Å². The van der Waals surface area contributed by atoms with E-state index in [1.165, 1.54) is 18.9 Å². The summed E-state index contributed by atoms with van der Waals surface area (Å²) < 4.78 is 21.0. The number of hydrogen-bond acceptors (Lipinski definition) is 2. The molecule has 1 N–H and O–H groups in total. The van der Waals surface area contributed by atoms with E-state index in [4.69, 9.17) is 27.6 Å². The topological polar surface area (TPSA) is 21.3 Å². The Labute approximate surface area is 180 Å². The lowest BCUT2D eigenvalue weighted by atomic mass is 9.97. The molecule has 2 saturated carbocycles. The van der Waals surface area contributed by atoms with Crippen LogP contribution in [0, 0.1) is 23.1 Å². The van der Waals surface area contributed by atoms with Gasteiger partial charge in [0.15, 0.2) is 8.32 Å². The fourth-order valence-electron chi connectivity index (χ4n) is 5.29. The minimum atomic E-state index is -1.91. The molecule has 0 amide bonds. The second-order valence-corrected chi connectivity index (χ2v) is 14.7. The molecule has 2 unspecified atom stereocenters. The van der Waals surface area contributed by atoms with Gasteiger partial charge >= 0.3 is 0 Å². The summed E-state index contributed by atoms with van der Waals surface area (Å²) in [5, 5.41) is 4.29. The van der Waals surface area contributed by atoms with Gasteiger partial charge in [-0.1, -0.05) is 57.8 Å². The van der Waals surface area contributed by atoms with Gasteiger partial charge in [0, 0.05) is 23.2 Å². The van der Waals surface area contributed by atoms with Crippen molar-refractivity contribution in [2.75, 3.05) is 6.54 Å². The van der Waals surface area contributed by atoms with Crippen LogP contribution in [-0.4, -0.2) is 20.9 Å². The molecule has 2 nitrogen and oxygen atoms in total. The Hall–Kier alpha value is -0.133. The van der Waals surface area contributed by atoms with Crippen LogP contribution < -0.4 is 5.32 Å². The van der Waals surface area contributed by atoms with Gasteiger partial charge in [-0.05, 0) is 60.4 Å². The number of fused-ring (bicyclic) bond motifs is 1. The largest absolute Gasteiger partial charge is 0.409 e. The molecular formula is C22H34Cl2FNOSi. The van der Waals surface area contributed by atoms with Gasteiger partial charge in [0.05, 0.1) is 11.1 Å². The summed E-state index contributed by atoms with van der Waals surface area (Å²) in [6.07, 6.45) is 2.12. The van der Waals surface area contributed by atoms with Crippen LogP contribution in [0.4, 0.5) is 4.39 Å². The quantitative estimate of drug-likeness (QED) is 0.319. The molecule has 2 aliphatic carbocycles. The average Bonchev–Trinajstić information content (AvgIpc) is 3.01. The van der Waals surface area contributed by atoms with E-state index in [1.54, 1.807) is 6.07 Å². The first-order chi connectivity index (χ1) is 13.2. The monoisotopic (exact) mass is 445 g/mol. The van der Waals surface area contributed by atoms with E-state index >= 15 is 0 Å².